The second kappa shape index (κ2) is 2.90. The van der Waals surface area contributed by atoms with Crippen LogP contribution in [0, 0.1) is 5.82 Å². The molecule has 2 rings (SSSR count). The molecule has 1 heterocycles. The number of hydrogen-bond donors (Lipinski definition) is 0. The maximum absolute atomic E-state index is 12.9. The van der Waals surface area contributed by atoms with E-state index >= 15 is 0 Å². The number of rotatable bonds is 1. The van der Waals surface area contributed by atoms with Gasteiger partial charge in [-0.3, -0.25) is 9.48 Å². The van der Waals surface area contributed by atoms with Crippen LogP contribution < -0.4 is 0 Å². The van der Waals surface area contributed by atoms with E-state index in [2.05, 4.69) is 5.10 Å². The van der Waals surface area contributed by atoms with Crippen molar-refractivity contribution in [2.75, 3.05) is 0 Å². The summed E-state index contributed by atoms with van der Waals surface area (Å²) in [4.78, 5) is 11.2. The standard InChI is InChI=1S/C10H9FN2O/c1-6(14)10-8-4-3-7(11)5-9(8)13(2)12-10/h3-5H,1-2H3. The molecule has 0 unspecified atom stereocenters. The van der Waals surface area contributed by atoms with Crippen molar-refractivity contribution in [1.29, 1.82) is 0 Å². The maximum atomic E-state index is 12.9. The predicted molar refractivity (Wildman–Crippen MR) is 50.7 cm³/mol. The van der Waals surface area contributed by atoms with Crippen molar-refractivity contribution in [1.82, 2.24) is 9.78 Å². The molecule has 4 heteroatoms. The highest BCUT2D eigenvalue weighted by atomic mass is 19.1. The zero-order chi connectivity index (χ0) is 10.3. The first-order valence-corrected chi connectivity index (χ1v) is 4.23. The number of hydrogen-bond acceptors (Lipinski definition) is 2. The smallest absolute Gasteiger partial charge is 0.180 e. The van der Waals surface area contributed by atoms with Gasteiger partial charge in [0.1, 0.15) is 11.5 Å². The second-order valence-electron chi connectivity index (χ2n) is 3.19. The molecule has 0 atom stereocenters. The zero-order valence-corrected chi connectivity index (χ0v) is 7.91. The summed E-state index contributed by atoms with van der Waals surface area (Å²) in [7, 11) is 1.69. The Labute approximate surface area is 80.1 Å². The van der Waals surface area contributed by atoms with Crippen LogP contribution >= 0.6 is 0 Å². The van der Waals surface area contributed by atoms with Gasteiger partial charge in [0.25, 0.3) is 0 Å². The summed E-state index contributed by atoms with van der Waals surface area (Å²) in [6, 6.07) is 4.28. The van der Waals surface area contributed by atoms with Gasteiger partial charge < -0.3 is 0 Å². The van der Waals surface area contributed by atoms with Crippen molar-refractivity contribution < 1.29 is 9.18 Å². The quantitative estimate of drug-likeness (QED) is 0.647. The van der Waals surface area contributed by atoms with E-state index in [1.54, 1.807) is 13.1 Å². The third-order valence-electron chi connectivity index (χ3n) is 2.15. The van der Waals surface area contributed by atoms with E-state index < -0.39 is 0 Å². The van der Waals surface area contributed by atoms with Crippen LogP contribution in [0.15, 0.2) is 18.2 Å². The third kappa shape index (κ3) is 1.19. The monoisotopic (exact) mass is 192 g/mol. The number of benzene rings is 1. The van der Waals surface area contributed by atoms with Gasteiger partial charge in [0.05, 0.1) is 5.52 Å². The van der Waals surface area contributed by atoms with Gasteiger partial charge in [0.15, 0.2) is 5.78 Å². The fourth-order valence-electron chi connectivity index (χ4n) is 1.49. The molecule has 0 fully saturated rings. The summed E-state index contributed by atoms with van der Waals surface area (Å²) in [5.74, 6) is -0.433. The average Bonchev–Trinajstić information content (AvgIpc) is 2.44. The Hall–Kier alpha value is -1.71. The Bertz CT molecular complexity index is 516. The Morgan fingerprint density at radius 3 is 2.86 bits per heavy atom. The molecule has 0 saturated carbocycles. The van der Waals surface area contributed by atoms with Crippen LogP contribution in [-0.2, 0) is 7.05 Å². The first-order valence-electron chi connectivity index (χ1n) is 4.23. The minimum Gasteiger partial charge on any atom is -0.293 e. The Morgan fingerprint density at radius 2 is 2.21 bits per heavy atom. The second-order valence-corrected chi connectivity index (χ2v) is 3.19. The van der Waals surface area contributed by atoms with Crippen molar-refractivity contribution in [2.24, 2.45) is 7.05 Å². The molecule has 14 heavy (non-hydrogen) atoms. The molecule has 0 aliphatic rings. The van der Waals surface area contributed by atoms with Crippen LogP contribution in [0.5, 0.6) is 0 Å². The first-order chi connectivity index (χ1) is 6.59. The van der Waals surface area contributed by atoms with E-state index in [4.69, 9.17) is 0 Å². The van der Waals surface area contributed by atoms with Gasteiger partial charge in [-0.15, -0.1) is 0 Å². The molecule has 0 spiro atoms. The highest BCUT2D eigenvalue weighted by molar-refractivity contribution is 6.04. The molecular weight excluding hydrogens is 183 g/mol. The molecule has 0 aliphatic heterocycles. The molecule has 0 radical (unpaired) electrons. The molecule has 2 aromatic rings. The van der Waals surface area contributed by atoms with Crippen LogP contribution in [0.3, 0.4) is 0 Å². The number of carbonyl (C=O) groups excluding carboxylic acids is 1. The predicted octanol–water partition coefficient (Wildman–Crippen LogP) is 1.91. The lowest BCUT2D eigenvalue weighted by atomic mass is 10.1. The normalized spacial score (nSPS) is 10.8. The Kier molecular flexibility index (Phi) is 1.84. The van der Waals surface area contributed by atoms with Crippen LogP contribution in [0.1, 0.15) is 17.4 Å². The number of aromatic nitrogens is 2. The van der Waals surface area contributed by atoms with Gasteiger partial charge in [-0.2, -0.15) is 5.10 Å². The van der Waals surface area contributed by atoms with Crippen molar-refractivity contribution in [3.63, 3.8) is 0 Å². The number of Topliss-reactive ketones (excluding diaryl/α,β-unsaturated/α-hetero) is 1. The van der Waals surface area contributed by atoms with Crippen molar-refractivity contribution >= 4 is 16.7 Å². The highest BCUT2D eigenvalue weighted by Crippen LogP contribution is 2.19. The summed E-state index contributed by atoms with van der Waals surface area (Å²) < 4.78 is 14.4. The Balaban J connectivity index is 2.84. The fraction of sp³-hybridized carbons (Fsp3) is 0.200. The average molecular weight is 192 g/mol. The van der Waals surface area contributed by atoms with E-state index in [-0.39, 0.29) is 11.6 Å². The van der Waals surface area contributed by atoms with Gasteiger partial charge in [-0.25, -0.2) is 4.39 Å². The number of fused-ring (bicyclic) bond motifs is 1. The van der Waals surface area contributed by atoms with Crippen molar-refractivity contribution in [3.8, 4) is 0 Å². The summed E-state index contributed by atoms with van der Waals surface area (Å²) in [6.45, 7) is 1.45. The van der Waals surface area contributed by atoms with Gasteiger partial charge in [0, 0.05) is 19.4 Å². The van der Waals surface area contributed by atoms with E-state index in [1.807, 2.05) is 0 Å². The zero-order valence-electron chi connectivity index (χ0n) is 7.91. The van der Waals surface area contributed by atoms with Crippen LogP contribution in [0.4, 0.5) is 4.39 Å². The Morgan fingerprint density at radius 1 is 1.50 bits per heavy atom. The number of halogens is 1. The molecule has 1 aromatic carbocycles. The van der Waals surface area contributed by atoms with Gasteiger partial charge >= 0.3 is 0 Å². The topological polar surface area (TPSA) is 34.9 Å². The van der Waals surface area contributed by atoms with Gasteiger partial charge in [0.2, 0.25) is 0 Å². The lowest BCUT2D eigenvalue weighted by Gasteiger charge is -1.92. The van der Waals surface area contributed by atoms with Gasteiger partial charge in [-0.05, 0) is 18.2 Å². The van der Waals surface area contributed by atoms with Crippen molar-refractivity contribution in [3.05, 3.63) is 29.7 Å². The van der Waals surface area contributed by atoms with Crippen LogP contribution in [-0.4, -0.2) is 15.6 Å². The number of aryl methyl sites for hydroxylation is 1. The van der Waals surface area contributed by atoms with Crippen LogP contribution in [0.25, 0.3) is 10.9 Å². The van der Waals surface area contributed by atoms with E-state index in [1.165, 1.54) is 23.7 Å². The highest BCUT2D eigenvalue weighted by Gasteiger charge is 2.12. The van der Waals surface area contributed by atoms with E-state index in [0.717, 1.165) is 0 Å². The summed E-state index contributed by atoms with van der Waals surface area (Å²) in [5.41, 5.74) is 1.03. The van der Waals surface area contributed by atoms with Gasteiger partial charge in [-0.1, -0.05) is 0 Å². The summed E-state index contributed by atoms with van der Waals surface area (Å²) in [5, 5.41) is 4.73. The molecule has 0 aliphatic carbocycles. The molecule has 0 bridgehead atoms. The molecule has 0 amide bonds. The van der Waals surface area contributed by atoms with Crippen molar-refractivity contribution in [2.45, 2.75) is 6.92 Å². The number of nitrogens with zero attached hydrogens (tertiary/aromatic N) is 2. The lowest BCUT2D eigenvalue weighted by Crippen LogP contribution is -1.95. The SMILES string of the molecule is CC(=O)c1nn(C)c2cc(F)ccc12. The van der Waals surface area contributed by atoms with Crippen LogP contribution in [0.2, 0.25) is 0 Å². The van der Waals surface area contributed by atoms with E-state index in [9.17, 15) is 9.18 Å². The minimum atomic E-state index is -0.324. The third-order valence-corrected chi connectivity index (χ3v) is 2.15. The molecular formula is C10H9FN2O. The summed E-state index contributed by atoms with van der Waals surface area (Å²) in [6.07, 6.45) is 0. The fourth-order valence-corrected chi connectivity index (χ4v) is 1.49. The lowest BCUT2D eigenvalue weighted by molar-refractivity contribution is 0.101. The van der Waals surface area contributed by atoms with E-state index in [0.29, 0.717) is 16.6 Å². The summed E-state index contributed by atoms with van der Waals surface area (Å²) >= 11 is 0. The molecule has 0 N–H and O–H groups in total. The largest absolute Gasteiger partial charge is 0.293 e. The number of ketones is 1. The molecule has 0 saturated heterocycles. The first kappa shape index (κ1) is 8.87. The minimum absolute atomic E-state index is 0.109. The molecule has 72 valence electrons. The maximum Gasteiger partial charge on any atom is 0.180 e. The molecule has 1 aromatic heterocycles. The number of carbonyl (C=O) groups is 1. The molecule has 3 nitrogen and oxygen atoms in total.